The Labute approximate surface area is 171 Å². The van der Waals surface area contributed by atoms with Crippen molar-refractivity contribution in [1.29, 1.82) is 0 Å². The van der Waals surface area contributed by atoms with Crippen LogP contribution in [0.5, 0.6) is 0 Å². The normalized spacial score (nSPS) is 10.8. The lowest BCUT2D eigenvalue weighted by molar-refractivity contribution is -0.377. The van der Waals surface area contributed by atoms with E-state index in [1.54, 1.807) is 12.4 Å². The smallest absolute Gasteiger partial charge is 0.256 e. The molecule has 2 aromatic carbocycles. The molecule has 28 heavy (non-hydrogen) atoms. The van der Waals surface area contributed by atoms with E-state index in [-0.39, 0.29) is 5.91 Å². The molecule has 0 saturated heterocycles. The molecule has 0 unspecified atom stereocenters. The van der Waals surface area contributed by atoms with Crippen LogP contribution < -0.4 is 10.3 Å². The Kier molecular flexibility index (Phi) is 5.17. The van der Waals surface area contributed by atoms with Gasteiger partial charge in [0.25, 0.3) is 5.91 Å². The van der Waals surface area contributed by atoms with Gasteiger partial charge in [-0.25, -0.2) is 9.97 Å². The molecule has 4 aromatic rings. The summed E-state index contributed by atoms with van der Waals surface area (Å²) >= 11 is 3.50. The molecule has 2 aromatic heterocycles. The Bertz CT molecular complexity index is 1140. The fraction of sp³-hybridized carbons (Fsp3) is 0.0870. The maximum Gasteiger partial charge on any atom is 0.256 e. The third-order valence-electron chi connectivity index (χ3n) is 4.65. The van der Waals surface area contributed by atoms with Crippen LogP contribution in [0.1, 0.15) is 22.8 Å². The van der Waals surface area contributed by atoms with Gasteiger partial charge in [-0.2, -0.15) is 0 Å². The van der Waals surface area contributed by atoms with Crippen molar-refractivity contribution in [1.82, 2.24) is 4.98 Å². The van der Waals surface area contributed by atoms with Crippen molar-refractivity contribution in [2.75, 3.05) is 5.32 Å². The van der Waals surface area contributed by atoms with Crippen molar-refractivity contribution in [3.8, 4) is 11.3 Å². The zero-order valence-electron chi connectivity index (χ0n) is 15.4. The van der Waals surface area contributed by atoms with Crippen LogP contribution in [-0.4, -0.2) is 10.9 Å². The number of aryl methyl sites for hydroxylation is 1. The third kappa shape index (κ3) is 3.80. The molecule has 0 aliphatic carbocycles. The van der Waals surface area contributed by atoms with Crippen LogP contribution in [-0.2, 0) is 6.42 Å². The summed E-state index contributed by atoms with van der Waals surface area (Å²) in [6.45, 7) is 2.13. The number of carbonyl (C=O) groups is 1. The number of benzene rings is 2. The number of anilines is 1. The van der Waals surface area contributed by atoms with Crippen molar-refractivity contribution in [3.63, 3.8) is 0 Å². The van der Waals surface area contributed by atoms with E-state index in [1.807, 2.05) is 36.4 Å². The quantitative estimate of drug-likeness (QED) is 0.475. The minimum atomic E-state index is -0.164. The number of halogens is 1. The number of nitrogens with zero attached hydrogens (tertiary/aromatic N) is 1. The van der Waals surface area contributed by atoms with Gasteiger partial charge < -0.3 is 5.32 Å². The second-order valence-electron chi connectivity index (χ2n) is 6.51. The van der Waals surface area contributed by atoms with Gasteiger partial charge in [0.05, 0.1) is 22.5 Å². The number of carbonyl (C=O) groups excluding carboxylic acids is 1. The summed E-state index contributed by atoms with van der Waals surface area (Å²) in [7, 11) is 0. The maximum absolute atomic E-state index is 13.1. The molecule has 0 radical (unpaired) electrons. The van der Waals surface area contributed by atoms with Crippen LogP contribution in [0.25, 0.3) is 22.2 Å². The Morgan fingerprint density at radius 1 is 1.04 bits per heavy atom. The molecule has 2 heterocycles. The average molecular weight is 433 g/mol. The molecular formula is C23H19BrN3O+. The Morgan fingerprint density at radius 2 is 1.79 bits per heavy atom. The summed E-state index contributed by atoms with van der Waals surface area (Å²) in [4.78, 5) is 20.8. The highest BCUT2D eigenvalue weighted by atomic mass is 79.9. The summed E-state index contributed by atoms with van der Waals surface area (Å²) < 4.78 is 0.908. The molecule has 0 spiro atoms. The van der Waals surface area contributed by atoms with E-state index in [2.05, 4.69) is 57.4 Å². The van der Waals surface area contributed by atoms with E-state index < -0.39 is 0 Å². The molecule has 5 heteroatoms. The summed E-state index contributed by atoms with van der Waals surface area (Å²) in [5.74, 6) is -0.164. The zero-order chi connectivity index (χ0) is 19.5. The fourth-order valence-corrected chi connectivity index (χ4v) is 3.47. The number of amides is 1. The SMILES string of the molecule is CCc1ccc(-c2cc(C(=O)Nc3cc[nH+]cc3)c3cc(Br)ccc3n2)cc1. The van der Waals surface area contributed by atoms with E-state index in [4.69, 9.17) is 4.98 Å². The van der Waals surface area contributed by atoms with Gasteiger partial charge in [0, 0.05) is 27.6 Å². The standard InChI is InChI=1S/C23H18BrN3O/c1-2-15-3-5-16(6-4-15)22-14-20(19-13-17(24)7-8-21(19)27-22)23(28)26-18-9-11-25-12-10-18/h3-14H,2H2,1H3,(H,25,26,28)/p+1. The molecule has 4 nitrogen and oxygen atoms in total. The van der Waals surface area contributed by atoms with Gasteiger partial charge in [-0.05, 0) is 36.2 Å². The van der Waals surface area contributed by atoms with Crippen molar-refractivity contribution in [2.45, 2.75) is 13.3 Å². The number of pyridine rings is 2. The van der Waals surface area contributed by atoms with Gasteiger partial charge in [0.2, 0.25) is 0 Å². The van der Waals surface area contributed by atoms with Crippen molar-refractivity contribution in [2.24, 2.45) is 0 Å². The lowest BCUT2D eigenvalue weighted by atomic mass is 10.0. The first-order valence-corrected chi connectivity index (χ1v) is 9.90. The number of hydrogen-bond acceptors (Lipinski definition) is 2. The van der Waals surface area contributed by atoms with Crippen LogP contribution in [0, 0.1) is 0 Å². The molecule has 138 valence electrons. The second-order valence-corrected chi connectivity index (χ2v) is 7.43. The van der Waals surface area contributed by atoms with E-state index in [1.165, 1.54) is 5.56 Å². The molecule has 0 aliphatic rings. The molecule has 0 saturated carbocycles. The van der Waals surface area contributed by atoms with Gasteiger partial charge >= 0.3 is 0 Å². The third-order valence-corrected chi connectivity index (χ3v) is 5.14. The summed E-state index contributed by atoms with van der Waals surface area (Å²) in [5.41, 5.74) is 5.15. The van der Waals surface area contributed by atoms with E-state index in [0.717, 1.165) is 38.7 Å². The minimum Gasteiger partial charge on any atom is -0.322 e. The number of fused-ring (bicyclic) bond motifs is 1. The van der Waals surface area contributed by atoms with Crippen molar-refractivity contribution >= 4 is 38.4 Å². The zero-order valence-corrected chi connectivity index (χ0v) is 17.0. The van der Waals surface area contributed by atoms with Crippen LogP contribution in [0.3, 0.4) is 0 Å². The van der Waals surface area contributed by atoms with Gasteiger partial charge in [-0.1, -0.05) is 47.1 Å². The summed E-state index contributed by atoms with van der Waals surface area (Å²) in [6.07, 6.45) is 4.54. The number of H-pyrrole nitrogens is 1. The molecule has 0 fully saturated rings. The van der Waals surface area contributed by atoms with Crippen LogP contribution >= 0.6 is 15.9 Å². The van der Waals surface area contributed by atoms with Gasteiger partial charge in [-0.15, -0.1) is 0 Å². The Morgan fingerprint density at radius 3 is 2.50 bits per heavy atom. The van der Waals surface area contributed by atoms with E-state index in [0.29, 0.717) is 5.56 Å². The molecule has 0 bridgehead atoms. The summed E-state index contributed by atoms with van der Waals surface area (Å²) in [6, 6.07) is 19.6. The highest BCUT2D eigenvalue weighted by Crippen LogP contribution is 2.28. The van der Waals surface area contributed by atoms with Crippen molar-refractivity contribution in [3.05, 3.63) is 88.7 Å². The molecule has 0 atom stereocenters. The Balaban J connectivity index is 1.82. The molecule has 4 rings (SSSR count). The number of aromatic nitrogens is 2. The first-order valence-electron chi connectivity index (χ1n) is 9.11. The second kappa shape index (κ2) is 7.90. The highest BCUT2D eigenvalue weighted by molar-refractivity contribution is 9.10. The monoisotopic (exact) mass is 432 g/mol. The minimum absolute atomic E-state index is 0.164. The first kappa shape index (κ1) is 18.3. The topological polar surface area (TPSA) is 56.1 Å². The molecular weight excluding hydrogens is 414 g/mol. The van der Waals surface area contributed by atoms with Crippen molar-refractivity contribution < 1.29 is 9.78 Å². The van der Waals surface area contributed by atoms with E-state index in [9.17, 15) is 4.79 Å². The van der Waals surface area contributed by atoms with Gasteiger partial charge in [0.1, 0.15) is 0 Å². The predicted octanol–water partition coefficient (Wildman–Crippen LogP) is 5.29. The number of aromatic amines is 1. The molecule has 2 N–H and O–H groups in total. The van der Waals surface area contributed by atoms with Crippen LogP contribution in [0.15, 0.2) is 77.5 Å². The largest absolute Gasteiger partial charge is 0.322 e. The van der Waals surface area contributed by atoms with Gasteiger partial charge in [0.15, 0.2) is 12.4 Å². The van der Waals surface area contributed by atoms with E-state index >= 15 is 0 Å². The maximum atomic E-state index is 13.1. The van der Waals surface area contributed by atoms with Crippen LogP contribution in [0.2, 0.25) is 0 Å². The lowest BCUT2D eigenvalue weighted by Gasteiger charge is -2.11. The number of nitrogens with one attached hydrogen (secondary N) is 2. The van der Waals surface area contributed by atoms with Gasteiger partial charge in [-0.3, -0.25) is 4.79 Å². The lowest BCUT2D eigenvalue weighted by Crippen LogP contribution is -2.14. The average Bonchev–Trinajstić information content (AvgIpc) is 2.73. The fourth-order valence-electron chi connectivity index (χ4n) is 3.11. The predicted molar refractivity (Wildman–Crippen MR) is 115 cm³/mol. The van der Waals surface area contributed by atoms with Crippen LogP contribution in [0.4, 0.5) is 5.69 Å². The first-order chi connectivity index (χ1) is 13.6. The number of hydrogen-bond donors (Lipinski definition) is 1. The Hall–Kier alpha value is -3.05. The highest BCUT2D eigenvalue weighted by Gasteiger charge is 2.15. The molecule has 0 aliphatic heterocycles. The number of rotatable bonds is 4. The molecule has 1 amide bonds. The summed E-state index contributed by atoms with van der Waals surface area (Å²) in [5, 5.41) is 3.77.